The van der Waals surface area contributed by atoms with Gasteiger partial charge >= 0.3 is 0 Å². The molecule has 176 valence electrons. The van der Waals surface area contributed by atoms with E-state index in [0.717, 1.165) is 55.7 Å². The van der Waals surface area contributed by atoms with Gasteiger partial charge in [-0.1, -0.05) is 12.1 Å². The van der Waals surface area contributed by atoms with Crippen LogP contribution in [-0.2, 0) is 4.74 Å². The molecule has 2 fully saturated rings. The molecule has 1 aromatic heterocycles. The molecule has 2 heterocycles. The zero-order valence-corrected chi connectivity index (χ0v) is 19.3. The van der Waals surface area contributed by atoms with Crippen molar-refractivity contribution in [1.29, 1.82) is 5.26 Å². The Morgan fingerprint density at radius 3 is 2.71 bits per heavy atom. The SMILES string of the molecule is Cc1cnc(NC(C=NC2CCOCC2)=CN)nc1-c1ccc(C(=O)NCC2(C#N)CC2)cc1. The molecule has 4 rings (SSSR count). The Kier molecular flexibility index (Phi) is 7.18. The van der Waals surface area contributed by atoms with Crippen LogP contribution in [0.3, 0.4) is 0 Å². The third-order valence-electron chi connectivity index (χ3n) is 6.12. The largest absolute Gasteiger partial charge is 0.403 e. The molecule has 1 aromatic carbocycles. The number of carbonyl (C=O) groups is 1. The summed E-state index contributed by atoms with van der Waals surface area (Å²) in [5.74, 6) is 0.222. The van der Waals surface area contributed by atoms with E-state index in [1.807, 2.05) is 19.1 Å². The van der Waals surface area contributed by atoms with Crippen molar-refractivity contribution in [3.8, 4) is 17.3 Å². The second kappa shape index (κ2) is 10.4. The third kappa shape index (κ3) is 5.77. The summed E-state index contributed by atoms with van der Waals surface area (Å²) in [5.41, 5.74) is 9.08. The molecule has 1 aliphatic heterocycles. The molecule has 1 amide bonds. The quantitative estimate of drug-likeness (QED) is 0.516. The van der Waals surface area contributed by atoms with Gasteiger partial charge in [0.1, 0.15) is 0 Å². The first-order valence-electron chi connectivity index (χ1n) is 11.5. The van der Waals surface area contributed by atoms with Crippen LogP contribution < -0.4 is 16.4 Å². The number of aryl methyl sites for hydroxylation is 1. The van der Waals surface area contributed by atoms with Gasteiger partial charge in [-0.2, -0.15) is 5.26 Å². The van der Waals surface area contributed by atoms with Crippen molar-refractivity contribution < 1.29 is 9.53 Å². The summed E-state index contributed by atoms with van der Waals surface area (Å²) in [5, 5.41) is 15.2. The van der Waals surface area contributed by atoms with E-state index >= 15 is 0 Å². The summed E-state index contributed by atoms with van der Waals surface area (Å²) in [4.78, 5) is 26.0. The summed E-state index contributed by atoms with van der Waals surface area (Å²) < 4.78 is 5.37. The van der Waals surface area contributed by atoms with E-state index in [9.17, 15) is 10.1 Å². The van der Waals surface area contributed by atoms with Gasteiger partial charge in [-0.3, -0.25) is 9.79 Å². The number of hydrogen-bond acceptors (Lipinski definition) is 8. The first-order valence-corrected chi connectivity index (χ1v) is 11.5. The van der Waals surface area contributed by atoms with Gasteiger partial charge in [0.15, 0.2) is 0 Å². The van der Waals surface area contributed by atoms with Crippen molar-refractivity contribution in [2.24, 2.45) is 16.1 Å². The van der Waals surface area contributed by atoms with Crippen LogP contribution in [0.1, 0.15) is 41.6 Å². The van der Waals surface area contributed by atoms with E-state index in [1.54, 1.807) is 24.5 Å². The molecule has 0 radical (unpaired) electrons. The minimum absolute atomic E-state index is 0.184. The normalized spacial score (nSPS) is 17.8. The summed E-state index contributed by atoms with van der Waals surface area (Å²) in [6, 6.07) is 9.75. The van der Waals surface area contributed by atoms with E-state index in [4.69, 9.17) is 10.5 Å². The molecule has 1 aliphatic carbocycles. The fraction of sp³-hybridized carbons (Fsp3) is 0.400. The number of nitriles is 1. The van der Waals surface area contributed by atoms with Crippen LogP contribution in [0.4, 0.5) is 5.95 Å². The van der Waals surface area contributed by atoms with Crippen LogP contribution in [0.2, 0.25) is 0 Å². The molecule has 1 saturated carbocycles. The highest BCUT2D eigenvalue weighted by Crippen LogP contribution is 2.44. The Hall–Kier alpha value is -3.77. The summed E-state index contributed by atoms with van der Waals surface area (Å²) in [6.45, 7) is 3.77. The van der Waals surface area contributed by atoms with Crippen molar-refractivity contribution in [3.63, 3.8) is 0 Å². The van der Waals surface area contributed by atoms with E-state index in [1.165, 1.54) is 6.20 Å². The van der Waals surface area contributed by atoms with Crippen LogP contribution in [0, 0.1) is 23.7 Å². The number of anilines is 1. The minimum atomic E-state index is -0.372. The number of benzene rings is 1. The average Bonchev–Trinajstić information content (AvgIpc) is 3.67. The number of amides is 1. The number of allylic oxidation sites excluding steroid dienone is 1. The van der Waals surface area contributed by atoms with Gasteiger partial charge < -0.3 is 21.1 Å². The predicted molar refractivity (Wildman–Crippen MR) is 130 cm³/mol. The van der Waals surface area contributed by atoms with Crippen molar-refractivity contribution in [2.75, 3.05) is 25.1 Å². The van der Waals surface area contributed by atoms with Crippen LogP contribution >= 0.6 is 0 Å². The Balaban J connectivity index is 1.42. The predicted octanol–water partition coefficient (Wildman–Crippen LogP) is 2.95. The number of nitrogens with zero attached hydrogens (tertiary/aromatic N) is 4. The smallest absolute Gasteiger partial charge is 0.251 e. The van der Waals surface area contributed by atoms with E-state index < -0.39 is 0 Å². The maximum atomic E-state index is 12.4. The fourth-order valence-corrected chi connectivity index (χ4v) is 3.67. The number of nitrogens with two attached hydrogens (primary N) is 1. The lowest BCUT2D eigenvalue weighted by molar-refractivity contribution is 0.0872. The first kappa shape index (κ1) is 23.4. The maximum absolute atomic E-state index is 12.4. The Morgan fingerprint density at radius 2 is 2.06 bits per heavy atom. The highest BCUT2D eigenvalue weighted by atomic mass is 16.5. The summed E-state index contributed by atoms with van der Waals surface area (Å²) in [7, 11) is 0. The molecule has 0 bridgehead atoms. The van der Waals surface area contributed by atoms with Crippen molar-refractivity contribution in [2.45, 2.75) is 38.6 Å². The highest BCUT2D eigenvalue weighted by molar-refractivity contribution is 5.94. The fourth-order valence-electron chi connectivity index (χ4n) is 3.67. The van der Waals surface area contributed by atoms with Gasteiger partial charge in [0.05, 0.1) is 28.9 Å². The van der Waals surface area contributed by atoms with Gasteiger partial charge in [-0.15, -0.1) is 0 Å². The van der Waals surface area contributed by atoms with Crippen molar-refractivity contribution in [3.05, 3.63) is 53.5 Å². The van der Waals surface area contributed by atoms with Crippen LogP contribution in [0.15, 0.2) is 47.4 Å². The number of carbonyl (C=O) groups excluding carboxylic acids is 1. The standard InChI is InChI=1S/C25H29N7O2/c1-17-13-29-24(31-21(12-26)14-28-20-6-10-34-11-7-20)32-22(17)18-2-4-19(5-3-18)23(33)30-16-25(15-27)8-9-25/h2-5,12-14,20H,6-11,16,26H2,1H3,(H,30,33)(H,29,31,32). The topological polar surface area (TPSA) is 138 Å². The second-order valence-electron chi connectivity index (χ2n) is 8.75. The number of aromatic nitrogens is 2. The lowest BCUT2D eigenvalue weighted by atomic mass is 10.1. The van der Waals surface area contributed by atoms with E-state index in [-0.39, 0.29) is 17.4 Å². The summed E-state index contributed by atoms with van der Waals surface area (Å²) in [6.07, 6.45) is 8.37. The molecule has 4 N–H and O–H groups in total. The zero-order chi connectivity index (χ0) is 24.0. The first-order chi connectivity index (χ1) is 16.5. The molecule has 0 atom stereocenters. The maximum Gasteiger partial charge on any atom is 0.251 e. The molecule has 2 aromatic rings. The van der Waals surface area contributed by atoms with Crippen LogP contribution in [0.25, 0.3) is 11.3 Å². The number of nitrogens with one attached hydrogen (secondary N) is 2. The Morgan fingerprint density at radius 1 is 1.32 bits per heavy atom. The van der Waals surface area contributed by atoms with Gasteiger partial charge in [-0.25, -0.2) is 9.97 Å². The highest BCUT2D eigenvalue weighted by Gasteiger charge is 2.43. The van der Waals surface area contributed by atoms with Gasteiger partial charge in [-0.05, 0) is 50.3 Å². The monoisotopic (exact) mass is 459 g/mol. The molecule has 0 unspecified atom stereocenters. The van der Waals surface area contributed by atoms with Gasteiger partial charge in [0, 0.05) is 49.5 Å². The molecule has 9 nitrogen and oxygen atoms in total. The Labute approximate surface area is 199 Å². The molecule has 0 spiro atoms. The van der Waals surface area contributed by atoms with Crippen LogP contribution in [-0.4, -0.2) is 47.9 Å². The molecule has 1 saturated heterocycles. The van der Waals surface area contributed by atoms with Crippen molar-refractivity contribution in [1.82, 2.24) is 15.3 Å². The molecular weight excluding hydrogens is 430 g/mol. The molecule has 9 heteroatoms. The summed E-state index contributed by atoms with van der Waals surface area (Å²) >= 11 is 0. The van der Waals surface area contributed by atoms with Gasteiger partial charge in [0.2, 0.25) is 5.95 Å². The number of ether oxygens (including phenoxy) is 1. The zero-order valence-electron chi connectivity index (χ0n) is 19.3. The third-order valence-corrected chi connectivity index (χ3v) is 6.12. The lowest BCUT2D eigenvalue weighted by Gasteiger charge is -2.18. The van der Waals surface area contributed by atoms with Gasteiger partial charge in [0.25, 0.3) is 5.91 Å². The Bertz CT molecular complexity index is 1120. The average molecular weight is 460 g/mol. The van der Waals surface area contributed by atoms with Crippen molar-refractivity contribution >= 4 is 18.1 Å². The van der Waals surface area contributed by atoms with E-state index in [0.29, 0.717) is 23.8 Å². The molecular formula is C25H29N7O2. The van der Waals surface area contributed by atoms with Crippen LogP contribution in [0.5, 0.6) is 0 Å². The van der Waals surface area contributed by atoms with E-state index in [2.05, 4.69) is 31.7 Å². The number of hydrogen-bond donors (Lipinski definition) is 3. The minimum Gasteiger partial charge on any atom is -0.403 e. The molecule has 2 aliphatic rings. The second-order valence-corrected chi connectivity index (χ2v) is 8.75. The molecule has 34 heavy (non-hydrogen) atoms. The number of rotatable bonds is 8. The lowest BCUT2D eigenvalue weighted by Crippen LogP contribution is -2.29. The number of aliphatic imine (C=N–C) groups is 1.